The van der Waals surface area contributed by atoms with Crippen molar-refractivity contribution >= 4 is 17.3 Å². The number of hydrogen-bond acceptors (Lipinski definition) is 6. The molecule has 1 heterocycles. The first-order valence-corrected chi connectivity index (χ1v) is 11.1. The van der Waals surface area contributed by atoms with Gasteiger partial charge in [-0.15, -0.1) is 0 Å². The smallest absolute Gasteiger partial charge is 0.168 e. The number of aliphatic hydroxyl groups is 1. The predicted molar refractivity (Wildman–Crippen MR) is 118 cm³/mol. The summed E-state index contributed by atoms with van der Waals surface area (Å²) in [4.78, 5) is 30.0. The van der Waals surface area contributed by atoms with Crippen LogP contribution < -0.4 is 0 Å². The SMILES string of the molecule is CCCN=C(CCc1noc2c1C(=O)CC(c1ccccc1)C2)C1=C(O)CCCC1=O. The zero-order valence-electron chi connectivity index (χ0n) is 17.9. The Morgan fingerprint density at radius 2 is 1.97 bits per heavy atom. The lowest BCUT2D eigenvalue weighted by Gasteiger charge is -2.20. The van der Waals surface area contributed by atoms with Gasteiger partial charge >= 0.3 is 0 Å². The highest BCUT2D eigenvalue weighted by Gasteiger charge is 2.33. The Morgan fingerprint density at radius 3 is 2.71 bits per heavy atom. The molecule has 6 heteroatoms. The first-order valence-electron chi connectivity index (χ1n) is 11.1. The molecule has 4 rings (SSSR count). The number of allylic oxidation sites excluding steroid dienone is 2. The van der Waals surface area contributed by atoms with Crippen molar-refractivity contribution in [3.05, 3.63) is 64.2 Å². The van der Waals surface area contributed by atoms with Crippen LogP contribution in [-0.4, -0.2) is 34.1 Å². The first-order chi connectivity index (χ1) is 15.1. The van der Waals surface area contributed by atoms with Gasteiger partial charge in [0, 0.05) is 37.9 Å². The van der Waals surface area contributed by atoms with Crippen LogP contribution in [-0.2, 0) is 17.6 Å². The van der Waals surface area contributed by atoms with Gasteiger partial charge in [0.2, 0.25) is 0 Å². The Balaban J connectivity index is 1.54. The van der Waals surface area contributed by atoms with Gasteiger partial charge in [-0.2, -0.15) is 0 Å². The summed E-state index contributed by atoms with van der Waals surface area (Å²) in [5, 5.41) is 14.5. The van der Waals surface area contributed by atoms with E-state index in [1.165, 1.54) is 0 Å². The lowest BCUT2D eigenvalue weighted by atomic mass is 9.81. The maximum absolute atomic E-state index is 12.9. The van der Waals surface area contributed by atoms with E-state index in [2.05, 4.69) is 10.1 Å². The lowest BCUT2D eigenvalue weighted by molar-refractivity contribution is -0.115. The van der Waals surface area contributed by atoms with E-state index < -0.39 is 0 Å². The van der Waals surface area contributed by atoms with E-state index in [0.29, 0.717) is 79.8 Å². The van der Waals surface area contributed by atoms with Crippen LogP contribution >= 0.6 is 0 Å². The minimum Gasteiger partial charge on any atom is -0.511 e. The number of fused-ring (bicyclic) bond motifs is 1. The molecule has 2 aliphatic rings. The van der Waals surface area contributed by atoms with Crippen molar-refractivity contribution in [2.45, 2.75) is 64.2 Å². The highest BCUT2D eigenvalue weighted by molar-refractivity contribution is 6.23. The van der Waals surface area contributed by atoms with Crippen molar-refractivity contribution in [3.63, 3.8) is 0 Å². The number of aryl methyl sites for hydroxylation is 1. The third-order valence-corrected chi connectivity index (χ3v) is 6.05. The number of carbonyl (C=O) groups excluding carboxylic acids is 2. The molecule has 0 amide bonds. The van der Waals surface area contributed by atoms with Crippen LogP contribution in [0, 0.1) is 0 Å². The van der Waals surface area contributed by atoms with Crippen molar-refractivity contribution in [1.29, 1.82) is 0 Å². The molecule has 0 saturated heterocycles. The fourth-order valence-electron chi connectivity index (χ4n) is 4.49. The zero-order valence-corrected chi connectivity index (χ0v) is 17.9. The van der Waals surface area contributed by atoms with Gasteiger partial charge in [0.05, 0.1) is 16.8 Å². The summed E-state index contributed by atoms with van der Waals surface area (Å²) in [5.41, 5.74) is 3.33. The monoisotopic (exact) mass is 420 g/mol. The number of rotatable bonds is 7. The largest absolute Gasteiger partial charge is 0.511 e. The van der Waals surface area contributed by atoms with E-state index >= 15 is 0 Å². The van der Waals surface area contributed by atoms with E-state index in [4.69, 9.17) is 4.52 Å². The molecule has 0 bridgehead atoms. The average Bonchev–Trinajstić information content (AvgIpc) is 3.19. The van der Waals surface area contributed by atoms with Crippen LogP contribution in [0.3, 0.4) is 0 Å². The molecule has 1 atom stereocenters. The molecular formula is C25H28N2O4. The number of nitrogens with zero attached hydrogens (tertiary/aromatic N) is 2. The summed E-state index contributed by atoms with van der Waals surface area (Å²) in [6.07, 6.45) is 4.44. The normalized spacial score (nSPS) is 19.6. The van der Waals surface area contributed by atoms with Gasteiger partial charge < -0.3 is 9.63 Å². The highest BCUT2D eigenvalue weighted by atomic mass is 16.5. The Morgan fingerprint density at radius 1 is 1.16 bits per heavy atom. The molecule has 2 aromatic rings. The maximum atomic E-state index is 12.9. The van der Waals surface area contributed by atoms with Crippen LogP contribution in [0.25, 0.3) is 0 Å². The number of benzene rings is 1. The molecule has 31 heavy (non-hydrogen) atoms. The molecule has 1 aromatic heterocycles. The second-order valence-corrected chi connectivity index (χ2v) is 8.29. The summed E-state index contributed by atoms with van der Waals surface area (Å²) in [6, 6.07) is 10.0. The number of aliphatic hydroxyl groups excluding tert-OH is 1. The second-order valence-electron chi connectivity index (χ2n) is 8.29. The Bertz CT molecular complexity index is 1030. The quantitative estimate of drug-likeness (QED) is 0.641. The van der Waals surface area contributed by atoms with Gasteiger partial charge in [0.1, 0.15) is 11.5 Å². The topological polar surface area (TPSA) is 92.8 Å². The summed E-state index contributed by atoms with van der Waals surface area (Å²) in [6.45, 7) is 2.61. The van der Waals surface area contributed by atoms with Crippen molar-refractivity contribution in [1.82, 2.24) is 5.16 Å². The summed E-state index contributed by atoms with van der Waals surface area (Å²) < 4.78 is 5.57. The Kier molecular flexibility index (Phi) is 6.44. The van der Waals surface area contributed by atoms with Crippen LogP contribution in [0.5, 0.6) is 0 Å². The maximum Gasteiger partial charge on any atom is 0.168 e. The van der Waals surface area contributed by atoms with Crippen molar-refractivity contribution < 1.29 is 19.2 Å². The number of ketones is 2. The third-order valence-electron chi connectivity index (χ3n) is 6.05. The van der Waals surface area contributed by atoms with Crippen LogP contribution in [0.4, 0.5) is 0 Å². The summed E-state index contributed by atoms with van der Waals surface area (Å²) in [5.74, 6) is 0.875. The highest BCUT2D eigenvalue weighted by Crippen LogP contribution is 2.34. The third kappa shape index (κ3) is 4.53. The van der Waals surface area contributed by atoms with E-state index in [9.17, 15) is 14.7 Å². The number of carbonyl (C=O) groups is 2. The minimum absolute atomic E-state index is 0.0502. The molecule has 6 nitrogen and oxygen atoms in total. The summed E-state index contributed by atoms with van der Waals surface area (Å²) >= 11 is 0. The second kappa shape index (κ2) is 9.41. The van der Waals surface area contributed by atoms with Gasteiger partial charge in [0.15, 0.2) is 11.6 Å². The molecule has 0 radical (unpaired) electrons. The zero-order chi connectivity index (χ0) is 21.8. The van der Waals surface area contributed by atoms with Crippen LogP contribution in [0.1, 0.15) is 78.7 Å². The van der Waals surface area contributed by atoms with Crippen molar-refractivity contribution in [2.24, 2.45) is 4.99 Å². The fraction of sp³-hybridized carbons (Fsp3) is 0.440. The van der Waals surface area contributed by atoms with Crippen LogP contribution in [0.2, 0.25) is 0 Å². The average molecular weight is 421 g/mol. The molecule has 162 valence electrons. The molecule has 0 aliphatic heterocycles. The number of aromatic nitrogens is 1. The fourth-order valence-corrected chi connectivity index (χ4v) is 4.49. The Hall–Kier alpha value is -3.02. The van der Waals surface area contributed by atoms with Crippen molar-refractivity contribution in [2.75, 3.05) is 6.54 Å². The Labute approximate surface area is 182 Å². The van der Waals surface area contributed by atoms with E-state index in [1.807, 2.05) is 37.3 Å². The first kappa shape index (κ1) is 21.2. The van der Waals surface area contributed by atoms with Crippen molar-refractivity contribution in [3.8, 4) is 0 Å². The molecular weight excluding hydrogens is 392 g/mol. The molecule has 1 unspecified atom stereocenters. The number of hydrogen-bond donors (Lipinski definition) is 1. The number of Topliss-reactive ketones (excluding diaryl/α,β-unsaturated/α-hetero) is 2. The van der Waals surface area contributed by atoms with E-state index in [0.717, 1.165) is 12.0 Å². The minimum atomic E-state index is -0.0532. The molecule has 0 saturated carbocycles. The van der Waals surface area contributed by atoms with Gasteiger partial charge in [-0.1, -0.05) is 42.4 Å². The molecule has 0 fully saturated rings. The molecule has 1 N–H and O–H groups in total. The molecule has 2 aliphatic carbocycles. The molecule has 1 aromatic carbocycles. The predicted octanol–water partition coefficient (Wildman–Crippen LogP) is 4.94. The standard InChI is InChI=1S/C25H28N2O4/c1-2-13-26-18(24-20(28)9-6-10-21(24)29)11-12-19-25-22(30)14-17(15-23(25)31-27-19)16-7-4-3-5-8-16/h3-5,7-8,17,28H,2,6,9-15H2,1H3. The van der Waals surface area contributed by atoms with E-state index in [-0.39, 0.29) is 23.2 Å². The van der Waals surface area contributed by atoms with Gasteiger partial charge in [-0.05, 0) is 37.2 Å². The van der Waals surface area contributed by atoms with Gasteiger partial charge in [0.25, 0.3) is 0 Å². The lowest BCUT2D eigenvalue weighted by Crippen LogP contribution is -2.21. The summed E-state index contributed by atoms with van der Waals surface area (Å²) in [7, 11) is 0. The molecule has 0 spiro atoms. The van der Waals surface area contributed by atoms with Gasteiger partial charge in [-0.3, -0.25) is 14.6 Å². The number of aliphatic imine (C=N–C) groups is 1. The van der Waals surface area contributed by atoms with Gasteiger partial charge in [-0.25, -0.2) is 0 Å². The van der Waals surface area contributed by atoms with E-state index in [1.54, 1.807) is 0 Å². The van der Waals surface area contributed by atoms with Crippen LogP contribution in [0.15, 0.2) is 51.2 Å².